The molecule has 0 aromatic heterocycles. The van der Waals surface area contributed by atoms with Gasteiger partial charge in [0.05, 0.1) is 0 Å². The van der Waals surface area contributed by atoms with Crippen molar-refractivity contribution >= 4 is 5.91 Å². The smallest absolute Gasteiger partial charge is 0.253 e. The summed E-state index contributed by atoms with van der Waals surface area (Å²) in [5.41, 5.74) is 2.17. The second kappa shape index (κ2) is 7.42. The van der Waals surface area contributed by atoms with Gasteiger partial charge >= 0.3 is 0 Å². The van der Waals surface area contributed by atoms with Crippen LogP contribution >= 0.6 is 0 Å². The van der Waals surface area contributed by atoms with Gasteiger partial charge in [-0.15, -0.1) is 0 Å². The first kappa shape index (κ1) is 15.8. The van der Waals surface area contributed by atoms with Crippen LogP contribution in [0.2, 0.25) is 0 Å². The van der Waals surface area contributed by atoms with E-state index in [9.17, 15) is 4.79 Å². The number of nitrogens with zero attached hydrogens (tertiary/aromatic N) is 2. The van der Waals surface area contributed by atoms with Crippen LogP contribution in [0.25, 0.3) is 0 Å². The van der Waals surface area contributed by atoms with Crippen LogP contribution in [0.4, 0.5) is 0 Å². The minimum atomic E-state index is 0.154. The molecule has 0 saturated carbocycles. The number of amides is 1. The summed E-state index contributed by atoms with van der Waals surface area (Å²) in [5.74, 6) is 0.154. The van der Waals surface area contributed by atoms with E-state index in [1.807, 2.05) is 35.2 Å². The summed E-state index contributed by atoms with van der Waals surface area (Å²) < 4.78 is 0. The van der Waals surface area contributed by atoms with Crippen LogP contribution in [0, 0.1) is 0 Å². The molecule has 1 amide bonds. The summed E-state index contributed by atoms with van der Waals surface area (Å²) in [6.45, 7) is 5.81. The normalized spacial score (nSPS) is 17.0. The SMILES string of the molecule is CC(Cc1ccccc1)N1CCN(C(=O)c2ccccc2)CC1. The van der Waals surface area contributed by atoms with E-state index in [2.05, 4.69) is 42.2 Å². The van der Waals surface area contributed by atoms with Crippen molar-refractivity contribution in [2.45, 2.75) is 19.4 Å². The van der Waals surface area contributed by atoms with Crippen LogP contribution in [0.3, 0.4) is 0 Å². The average molecular weight is 308 g/mol. The molecule has 3 nitrogen and oxygen atoms in total. The van der Waals surface area contributed by atoms with Crippen molar-refractivity contribution in [3.8, 4) is 0 Å². The first-order chi connectivity index (χ1) is 11.2. The van der Waals surface area contributed by atoms with Crippen LogP contribution in [-0.2, 0) is 6.42 Å². The lowest BCUT2D eigenvalue weighted by atomic mass is 10.1. The maximum atomic E-state index is 12.5. The Labute approximate surface area is 138 Å². The van der Waals surface area contributed by atoms with E-state index < -0.39 is 0 Å². The molecule has 1 atom stereocenters. The molecule has 3 heteroatoms. The lowest BCUT2D eigenvalue weighted by Crippen LogP contribution is -2.51. The Kier molecular flexibility index (Phi) is 5.09. The highest BCUT2D eigenvalue weighted by molar-refractivity contribution is 5.94. The van der Waals surface area contributed by atoms with Gasteiger partial charge in [-0.3, -0.25) is 9.69 Å². The molecule has 23 heavy (non-hydrogen) atoms. The van der Waals surface area contributed by atoms with Crippen molar-refractivity contribution in [2.75, 3.05) is 26.2 Å². The predicted molar refractivity (Wildman–Crippen MR) is 93.5 cm³/mol. The van der Waals surface area contributed by atoms with Gasteiger partial charge in [-0.2, -0.15) is 0 Å². The third-order valence-corrected chi connectivity index (χ3v) is 4.62. The predicted octanol–water partition coefficient (Wildman–Crippen LogP) is 3.08. The molecule has 2 aromatic rings. The van der Waals surface area contributed by atoms with E-state index in [-0.39, 0.29) is 5.91 Å². The minimum absolute atomic E-state index is 0.154. The van der Waals surface area contributed by atoms with Gasteiger partial charge in [0.15, 0.2) is 0 Å². The largest absolute Gasteiger partial charge is 0.336 e. The molecule has 0 N–H and O–H groups in total. The monoisotopic (exact) mass is 308 g/mol. The number of rotatable bonds is 4. The number of carbonyl (C=O) groups excluding carboxylic acids is 1. The van der Waals surface area contributed by atoms with Gasteiger partial charge in [-0.1, -0.05) is 48.5 Å². The fourth-order valence-electron chi connectivity index (χ4n) is 3.21. The topological polar surface area (TPSA) is 23.6 Å². The average Bonchev–Trinajstić information content (AvgIpc) is 2.63. The summed E-state index contributed by atoms with van der Waals surface area (Å²) in [6, 6.07) is 20.7. The van der Waals surface area contributed by atoms with E-state index in [1.165, 1.54) is 5.56 Å². The second-order valence-corrected chi connectivity index (χ2v) is 6.23. The van der Waals surface area contributed by atoms with Crippen molar-refractivity contribution in [2.24, 2.45) is 0 Å². The van der Waals surface area contributed by atoms with E-state index in [1.54, 1.807) is 0 Å². The Balaban J connectivity index is 1.53. The molecule has 0 bridgehead atoms. The second-order valence-electron chi connectivity index (χ2n) is 6.23. The van der Waals surface area contributed by atoms with E-state index in [0.717, 1.165) is 38.2 Å². The van der Waals surface area contributed by atoms with Crippen LogP contribution < -0.4 is 0 Å². The van der Waals surface area contributed by atoms with Crippen LogP contribution in [-0.4, -0.2) is 47.9 Å². The van der Waals surface area contributed by atoms with Crippen molar-refractivity contribution in [3.05, 3.63) is 71.8 Å². The van der Waals surface area contributed by atoms with Crippen LogP contribution in [0.1, 0.15) is 22.8 Å². The summed E-state index contributed by atoms with van der Waals surface area (Å²) in [5, 5.41) is 0. The van der Waals surface area contributed by atoms with Crippen molar-refractivity contribution < 1.29 is 4.79 Å². The molecule has 0 radical (unpaired) electrons. The Morgan fingerprint density at radius 3 is 2.09 bits per heavy atom. The molecule has 1 heterocycles. The summed E-state index contributed by atoms with van der Waals surface area (Å²) >= 11 is 0. The molecule has 120 valence electrons. The zero-order valence-corrected chi connectivity index (χ0v) is 13.7. The molecule has 0 aliphatic carbocycles. The number of hydrogen-bond donors (Lipinski definition) is 0. The first-order valence-electron chi connectivity index (χ1n) is 8.36. The highest BCUT2D eigenvalue weighted by atomic mass is 16.2. The molecule has 0 spiro atoms. The highest BCUT2D eigenvalue weighted by Gasteiger charge is 2.24. The molecule has 1 unspecified atom stereocenters. The van der Waals surface area contributed by atoms with Crippen LogP contribution in [0.5, 0.6) is 0 Å². The number of piperazine rings is 1. The molecular weight excluding hydrogens is 284 g/mol. The van der Waals surface area contributed by atoms with Gasteiger partial charge in [0, 0.05) is 37.8 Å². The van der Waals surface area contributed by atoms with Gasteiger partial charge in [0.2, 0.25) is 0 Å². The summed E-state index contributed by atoms with van der Waals surface area (Å²) in [7, 11) is 0. The molecule has 1 fully saturated rings. The molecular formula is C20H24N2O. The van der Waals surface area contributed by atoms with Gasteiger partial charge in [-0.05, 0) is 31.0 Å². The minimum Gasteiger partial charge on any atom is -0.336 e. The molecule has 1 aliphatic rings. The highest BCUT2D eigenvalue weighted by Crippen LogP contribution is 2.13. The van der Waals surface area contributed by atoms with Crippen molar-refractivity contribution in [1.29, 1.82) is 0 Å². The van der Waals surface area contributed by atoms with Gasteiger partial charge in [0.1, 0.15) is 0 Å². The lowest BCUT2D eigenvalue weighted by molar-refractivity contribution is 0.0582. The third kappa shape index (κ3) is 3.99. The van der Waals surface area contributed by atoms with Crippen molar-refractivity contribution in [1.82, 2.24) is 9.80 Å². The Morgan fingerprint density at radius 2 is 1.48 bits per heavy atom. The molecule has 1 saturated heterocycles. The van der Waals surface area contributed by atoms with Crippen LogP contribution in [0.15, 0.2) is 60.7 Å². The first-order valence-corrected chi connectivity index (χ1v) is 8.36. The number of benzene rings is 2. The van der Waals surface area contributed by atoms with Crippen molar-refractivity contribution in [3.63, 3.8) is 0 Å². The summed E-state index contributed by atoms with van der Waals surface area (Å²) in [4.78, 5) is 16.9. The molecule has 1 aliphatic heterocycles. The quantitative estimate of drug-likeness (QED) is 0.866. The fourth-order valence-corrected chi connectivity index (χ4v) is 3.21. The van der Waals surface area contributed by atoms with E-state index in [0.29, 0.717) is 6.04 Å². The third-order valence-electron chi connectivity index (χ3n) is 4.62. The fraction of sp³-hybridized carbons (Fsp3) is 0.350. The lowest BCUT2D eigenvalue weighted by Gasteiger charge is -2.38. The van der Waals surface area contributed by atoms with Gasteiger partial charge in [-0.25, -0.2) is 0 Å². The zero-order chi connectivity index (χ0) is 16.1. The Morgan fingerprint density at radius 1 is 0.913 bits per heavy atom. The molecule has 3 rings (SSSR count). The number of carbonyl (C=O) groups is 1. The summed E-state index contributed by atoms with van der Waals surface area (Å²) in [6.07, 6.45) is 1.06. The zero-order valence-electron chi connectivity index (χ0n) is 13.7. The Bertz CT molecular complexity index is 619. The van der Waals surface area contributed by atoms with Gasteiger partial charge < -0.3 is 4.90 Å². The maximum Gasteiger partial charge on any atom is 0.253 e. The van der Waals surface area contributed by atoms with E-state index >= 15 is 0 Å². The van der Waals surface area contributed by atoms with Gasteiger partial charge in [0.25, 0.3) is 5.91 Å². The standard InChI is InChI=1S/C20H24N2O/c1-17(16-18-8-4-2-5-9-18)21-12-14-22(15-13-21)20(23)19-10-6-3-7-11-19/h2-11,17H,12-16H2,1H3. The Hall–Kier alpha value is -2.13. The van der Waals surface area contributed by atoms with E-state index in [4.69, 9.17) is 0 Å². The number of hydrogen-bond acceptors (Lipinski definition) is 2. The molecule has 2 aromatic carbocycles. The maximum absolute atomic E-state index is 12.5.